The fourth-order valence-corrected chi connectivity index (χ4v) is 0.414. The van der Waals surface area contributed by atoms with E-state index in [1.165, 1.54) is 0 Å². The first-order chi connectivity index (χ1) is 4.88. The Kier molecular flexibility index (Phi) is 3.56. The molecule has 0 spiro atoms. The molecule has 1 atom stereocenters. The second kappa shape index (κ2) is 3.74. The van der Waals surface area contributed by atoms with Crippen molar-refractivity contribution in [2.75, 3.05) is 0 Å². The van der Waals surface area contributed by atoms with Crippen LogP contribution in [0, 0.1) is 11.8 Å². The van der Waals surface area contributed by atoms with Crippen LogP contribution in [-0.2, 0) is 9.53 Å². The first-order valence-corrected chi connectivity index (χ1v) is 3.88. The van der Waals surface area contributed by atoms with Gasteiger partial charge in [-0.2, -0.15) is 0 Å². The van der Waals surface area contributed by atoms with Gasteiger partial charge in [-0.15, -0.1) is 0 Å². The Bertz CT molecular complexity index is 133. The number of hydrogen-bond donors (Lipinski definition) is 0. The van der Waals surface area contributed by atoms with E-state index < -0.39 is 5.41 Å². The van der Waals surface area contributed by atoms with E-state index >= 15 is 0 Å². The number of hydrogen-bond acceptors (Lipinski definition) is 2. The van der Waals surface area contributed by atoms with Gasteiger partial charge < -0.3 is 4.74 Å². The van der Waals surface area contributed by atoms with Crippen molar-refractivity contribution in [2.24, 2.45) is 5.41 Å². The molecule has 2 heteroatoms. The average Bonchev–Trinajstić information content (AvgIpc) is 1.85. The first kappa shape index (κ1) is 10.5. The molecule has 11 heavy (non-hydrogen) atoms. The van der Waals surface area contributed by atoms with E-state index in [1.54, 1.807) is 0 Å². The molecule has 2 nitrogen and oxygen atoms in total. The number of carbonyl (C=O) groups excluding carboxylic acids is 1. The summed E-state index contributed by atoms with van der Waals surface area (Å²) in [7, 11) is 0. The number of rotatable bonds is 2. The maximum Gasteiger partial charge on any atom is 0.311 e. The number of ether oxygens (including phenoxy) is 1. The quantitative estimate of drug-likeness (QED) is 0.574. The van der Waals surface area contributed by atoms with E-state index in [4.69, 9.17) is 4.74 Å². The Hall–Kier alpha value is -0.530. The minimum atomic E-state index is -0.392. The van der Waals surface area contributed by atoms with Crippen LogP contribution in [-0.4, -0.2) is 12.1 Å². The van der Waals surface area contributed by atoms with Crippen LogP contribution in [0.3, 0.4) is 0 Å². The summed E-state index contributed by atoms with van der Waals surface area (Å²) in [6.45, 7) is 9.26. The molecular weight excluding hydrogens is 140 g/mol. The van der Waals surface area contributed by atoms with Gasteiger partial charge in [-0.3, -0.25) is 4.79 Å². The van der Waals surface area contributed by atoms with Gasteiger partial charge in [0.15, 0.2) is 0 Å². The summed E-state index contributed by atoms with van der Waals surface area (Å²) in [4.78, 5) is 11.2. The third kappa shape index (κ3) is 4.02. The molecule has 0 bridgehead atoms. The predicted molar refractivity (Wildman–Crippen MR) is 45.0 cm³/mol. The Morgan fingerprint density at radius 1 is 1.45 bits per heavy atom. The van der Waals surface area contributed by atoms with Gasteiger partial charge in [0.05, 0.1) is 5.41 Å². The van der Waals surface area contributed by atoms with E-state index in [0.717, 1.165) is 0 Å². The van der Waals surface area contributed by atoms with Crippen LogP contribution in [0.25, 0.3) is 0 Å². The molecule has 0 aliphatic rings. The maximum atomic E-state index is 11.2. The zero-order chi connectivity index (χ0) is 9.07. The van der Waals surface area contributed by atoms with E-state index in [2.05, 4.69) is 0 Å². The van der Waals surface area contributed by atoms with Crippen LogP contribution in [0.15, 0.2) is 0 Å². The normalized spacial score (nSPS) is 14.3. The summed E-state index contributed by atoms with van der Waals surface area (Å²) in [5.41, 5.74) is -0.392. The first-order valence-electron chi connectivity index (χ1n) is 3.88. The zero-order valence-electron chi connectivity index (χ0n) is 7.97. The second-order valence-corrected chi connectivity index (χ2v) is 3.69. The van der Waals surface area contributed by atoms with Crippen LogP contribution in [0.1, 0.15) is 34.6 Å². The fraction of sp³-hybridized carbons (Fsp3) is 0.778. The summed E-state index contributed by atoms with van der Waals surface area (Å²) < 4.78 is 5.07. The molecule has 0 aromatic rings. The minimum absolute atomic E-state index is 0.0817. The topological polar surface area (TPSA) is 26.3 Å². The van der Waals surface area contributed by atoms with Crippen LogP contribution in [0.4, 0.5) is 0 Å². The Morgan fingerprint density at radius 3 is 2.18 bits per heavy atom. The average molecular weight is 157 g/mol. The van der Waals surface area contributed by atoms with Crippen molar-refractivity contribution in [1.29, 1.82) is 0 Å². The summed E-state index contributed by atoms with van der Waals surface area (Å²) in [6, 6.07) is 0. The molecule has 0 saturated heterocycles. The van der Waals surface area contributed by atoms with Crippen LogP contribution in [0.2, 0.25) is 0 Å². The Balaban J connectivity index is 3.88. The lowest BCUT2D eigenvalue weighted by molar-refractivity contribution is -0.156. The van der Waals surface area contributed by atoms with Gasteiger partial charge in [0.2, 0.25) is 0 Å². The van der Waals surface area contributed by atoms with E-state index in [9.17, 15) is 4.79 Å². The third-order valence-electron chi connectivity index (χ3n) is 1.37. The van der Waals surface area contributed by atoms with E-state index in [-0.39, 0.29) is 12.1 Å². The van der Waals surface area contributed by atoms with Gasteiger partial charge in [-0.25, -0.2) is 0 Å². The van der Waals surface area contributed by atoms with E-state index in [0.29, 0.717) is 0 Å². The zero-order valence-corrected chi connectivity index (χ0v) is 7.97. The van der Waals surface area contributed by atoms with Crippen LogP contribution in [0.5, 0.6) is 0 Å². The van der Waals surface area contributed by atoms with Gasteiger partial charge >= 0.3 is 5.97 Å². The van der Waals surface area contributed by atoms with Crippen molar-refractivity contribution >= 4 is 5.97 Å². The number of esters is 1. The van der Waals surface area contributed by atoms with E-state index in [1.807, 2.05) is 41.0 Å². The molecule has 0 aliphatic carbocycles. The minimum Gasteiger partial charge on any atom is -0.462 e. The van der Waals surface area contributed by atoms with Gasteiger partial charge in [-0.1, -0.05) is 6.92 Å². The molecule has 0 unspecified atom stereocenters. The molecule has 65 valence electrons. The highest BCUT2D eigenvalue weighted by Gasteiger charge is 2.24. The van der Waals surface area contributed by atoms with Gasteiger partial charge in [0, 0.05) is 0 Å². The summed E-state index contributed by atoms with van der Waals surface area (Å²) in [6.07, 6.45) is 1.77. The highest BCUT2D eigenvalue weighted by molar-refractivity contribution is 5.75. The molecule has 1 radical (unpaired) electrons. The van der Waals surface area contributed by atoms with Gasteiger partial charge in [0.1, 0.15) is 6.10 Å². The molecule has 0 amide bonds. The number of carbonyl (C=O) groups is 1. The van der Waals surface area contributed by atoms with Crippen molar-refractivity contribution in [3.63, 3.8) is 0 Å². The summed E-state index contributed by atoms with van der Waals surface area (Å²) >= 11 is 0. The van der Waals surface area contributed by atoms with Gasteiger partial charge in [0.25, 0.3) is 0 Å². The molecule has 0 fully saturated rings. The molecule has 0 aromatic heterocycles. The van der Waals surface area contributed by atoms with Crippen molar-refractivity contribution in [1.82, 2.24) is 0 Å². The lowest BCUT2D eigenvalue weighted by Gasteiger charge is -2.19. The fourth-order valence-electron chi connectivity index (χ4n) is 0.414. The third-order valence-corrected chi connectivity index (χ3v) is 1.37. The van der Waals surface area contributed by atoms with Crippen molar-refractivity contribution in [2.45, 2.75) is 40.7 Å². The maximum absolute atomic E-state index is 11.2. The lowest BCUT2D eigenvalue weighted by Crippen LogP contribution is -2.26. The van der Waals surface area contributed by atoms with Crippen molar-refractivity contribution in [3.8, 4) is 0 Å². The molecule has 0 aromatic carbocycles. The van der Waals surface area contributed by atoms with Gasteiger partial charge in [-0.05, 0) is 34.1 Å². The molecule has 0 saturated carbocycles. The molecule has 0 heterocycles. The van der Waals surface area contributed by atoms with Crippen molar-refractivity contribution in [3.05, 3.63) is 6.42 Å². The monoisotopic (exact) mass is 157 g/mol. The summed E-state index contributed by atoms with van der Waals surface area (Å²) in [5.74, 6) is -0.150. The Morgan fingerprint density at radius 2 is 1.91 bits per heavy atom. The van der Waals surface area contributed by atoms with Crippen molar-refractivity contribution < 1.29 is 9.53 Å². The highest BCUT2D eigenvalue weighted by atomic mass is 16.5. The standard InChI is InChI=1S/C9H17O2/c1-6-7(2)11-8(10)9(3,4)5/h6-7H,1-5H3/t7-/m1/s1. The predicted octanol–water partition coefficient (Wildman–Crippen LogP) is 2.19. The highest BCUT2D eigenvalue weighted by Crippen LogP contribution is 2.16. The SMILES string of the molecule is C[CH][C@@H](C)OC(=O)C(C)(C)C. The smallest absolute Gasteiger partial charge is 0.311 e. The lowest BCUT2D eigenvalue weighted by atomic mass is 9.97. The molecule has 0 N–H and O–H groups in total. The van der Waals surface area contributed by atoms with Crippen LogP contribution >= 0.6 is 0 Å². The second-order valence-electron chi connectivity index (χ2n) is 3.69. The van der Waals surface area contributed by atoms with Crippen LogP contribution < -0.4 is 0 Å². The molecule has 0 aliphatic heterocycles. The Labute approximate surface area is 68.9 Å². The largest absolute Gasteiger partial charge is 0.462 e. The molecular formula is C9H17O2. The summed E-state index contributed by atoms with van der Waals surface area (Å²) in [5, 5.41) is 0. The molecule has 0 rings (SSSR count).